The molecule has 5 nitrogen and oxygen atoms in total. The second kappa shape index (κ2) is 22.3. The zero-order valence-electron chi connectivity index (χ0n) is 47.9. The quantitative estimate of drug-likeness (QED) is 0.115. The van der Waals surface area contributed by atoms with Crippen molar-refractivity contribution in [3.05, 3.63) is 334 Å². The molecule has 13 aromatic carbocycles. The number of pyridine rings is 1. The average Bonchev–Trinajstić information content (AvgIpc) is 2.40. The number of para-hydroxylation sites is 4. The molecule has 0 amide bonds. The molecule has 16 aromatic rings. The minimum absolute atomic E-state index is 0.792. The summed E-state index contributed by atoms with van der Waals surface area (Å²) in [6.45, 7) is 0. The molecule has 0 aliphatic heterocycles. The second-order valence-corrected chi connectivity index (χ2v) is 22.2. The SMILES string of the molecule is c1ccc(-c2cccc(N(c3ccc(-c4c(-c5ccccc5)cccc4-c4ccccc4)cc3)c3cc(-c4ccc5c(c4)oc4ccccc45)cc(N(c4ccccc4)c4ccc(-c5ccccn5)cc4)c3-c3cccc4c3oc3ccccc34)c2)cc1. The lowest BCUT2D eigenvalue weighted by Gasteiger charge is -2.34. The molecule has 0 aliphatic carbocycles. The van der Waals surface area contributed by atoms with Crippen LogP contribution in [0, 0.1) is 0 Å². The van der Waals surface area contributed by atoms with Gasteiger partial charge in [-0.15, -0.1) is 0 Å². The van der Waals surface area contributed by atoms with E-state index in [0.29, 0.717) is 0 Å². The Labute approximate surface area is 510 Å². The summed E-state index contributed by atoms with van der Waals surface area (Å²) in [6.07, 6.45) is 1.85. The van der Waals surface area contributed by atoms with Crippen LogP contribution in [0.4, 0.5) is 34.1 Å². The Kier molecular flexibility index (Phi) is 13.1. The molecule has 0 saturated heterocycles. The van der Waals surface area contributed by atoms with Gasteiger partial charge in [0.15, 0.2) is 0 Å². The highest BCUT2D eigenvalue weighted by Gasteiger charge is 2.29. The standard InChI is InChI=1S/C83H55N3O2/c1-5-22-56(23-6-1)61-28-19-31-67(52-61)86(66-48-43-60(44-49-66)81-68(57-24-7-2-8-25-57)34-20-35-69(81)58-26-9-3-10-27-58)77-54-63(62-45-50-72-70-32-13-15-39-78(70)87-80(72)55-62)53-76(82(77)74-37-21-36-73-71-33-14-16-40-79(71)88-83(73)74)85(64-29-11-4-12-30-64)65-46-41-59(42-47-65)75-38-17-18-51-84-75/h1-55H. The van der Waals surface area contributed by atoms with Gasteiger partial charge in [0.05, 0.1) is 17.1 Å². The lowest BCUT2D eigenvalue weighted by molar-refractivity contribution is 0.669. The molecule has 88 heavy (non-hydrogen) atoms. The fraction of sp³-hybridized carbons (Fsp3) is 0. The van der Waals surface area contributed by atoms with Crippen molar-refractivity contribution in [1.82, 2.24) is 4.98 Å². The third-order valence-electron chi connectivity index (χ3n) is 16.9. The van der Waals surface area contributed by atoms with E-state index in [-0.39, 0.29) is 0 Å². The van der Waals surface area contributed by atoms with Crippen molar-refractivity contribution in [2.24, 2.45) is 0 Å². The van der Waals surface area contributed by atoms with E-state index in [4.69, 9.17) is 13.8 Å². The van der Waals surface area contributed by atoms with Gasteiger partial charge >= 0.3 is 0 Å². The average molecular weight is 1130 g/mol. The summed E-state index contributed by atoms with van der Waals surface area (Å²) < 4.78 is 13.9. The van der Waals surface area contributed by atoms with E-state index >= 15 is 0 Å². The van der Waals surface area contributed by atoms with Gasteiger partial charge in [-0.25, -0.2) is 0 Å². The lowest BCUT2D eigenvalue weighted by Crippen LogP contribution is -2.16. The van der Waals surface area contributed by atoms with Gasteiger partial charge in [0, 0.05) is 67.2 Å². The van der Waals surface area contributed by atoms with Crippen LogP contribution in [0.1, 0.15) is 0 Å². The first-order valence-electron chi connectivity index (χ1n) is 29.8. The fourth-order valence-electron chi connectivity index (χ4n) is 12.8. The van der Waals surface area contributed by atoms with Gasteiger partial charge in [0.2, 0.25) is 0 Å². The van der Waals surface area contributed by atoms with E-state index in [1.807, 2.05) is 36.5 Å². The first-order valence-corrected chi connectivity index (χ1v) is 29.8. The smallest absolute Gasteiger partial charge is 0.143 e. The van der Waals surface area contributed by atoms with Crippen LogP contribution in [0.15, 0.2) is 343 Å². The van der Waals surface area contributed by atoms with Gasteiger partial charge in [-0.3, -0.25) is 4.98 Å². The van der Waals surface area contributed by atoms with Gasteiger partial charge in [0.1, 0.15) is 22.3 Å². The predicted octanol–water partition coefficient (Wildman–Crippen LogP) is 23.5. The molecule has 0 unspecified atom stereocenters. The van der Waals surface area contributed by atoms with Crippen LogP contribution in [0.2, 0.25) is 0 Å². The van der Waals surface area contributed by atoms with Crippen molar-refractivity contribution in [2.75, 3.05) is 9.80 Å². The third-order valence-corrected chi connectivity index (χ3v) is 16.9. The summed E-state index contributed by atoms with van der Waals surface area (Å²) in [7, 11) is 0. The summed E-state index contributed by atoms with van der Waals surface area (Å²) in [5.41, 5.74) is 24.0. The van der Waals surface area contributed by atoms with E-state index in [2.05, 4.69) is 307 Å². The van der Waals surface area contributed by atoms with E-state index in [1.54, 1.807) is 0 Å². The van der Waals surface area contributed by atoms with Gasteiger partial charge in [0.25, 0.3) is 0 Å². The first-order chi connectivity index (χ1) is 43.6. The Morgan fingerprint density at radius 2 is 0.693 bits per heavy atom. The summed E-state index contributed by atoms with van der Waals surface area (Å²) in [6, 6.07) is 117. The van der Waals surface area contributed by atoms with Gasteiger partial charge in [-0.1, -0.05) is 231 Å². The minimum atomic E-state index is 0.792. The van der Waals surface area contributed by atoms with Gasteiger partial charge in [-0.05, 0) is 153 Å². The van der Waals surface area contributed by atoms with Gasteiger partial charge in [-0.2, -0.15) is 0 Å². The predicted molar refractivity (Wildman–Crippen MR) is 366 cm³/mol. The molecule has 0 saturated carbocycles. The second-order valence-electron chi connectivity index (χ2n) is 22.2. The molecule has 0 N–H and O–H groups in total. The van der Waals surface area contributed by atoms with Crippen molar-refractivity contribution in [3.63, 3.8) is 0 Å². The van der Waals surface area contributed by atoms with E-state index in [0.717, 1.165) is 150 Å². The number of furan rings is 2. The molecular weight excluding hydrogens is 1070 g/mol. The maximum Gasteiger partial charge on any atom is 0.143 e. The normalized spacial score (nSPS) is 11.4. The van der Waals surface area contributed by atoms with Crippen molar-refractivity contribution < 1.29 is 8.83 Å². The van der Waals surface area contributed by atoms with Crippen molar-refractivity contribution >= 4 is 78.0 Å². The van der Waals surface area contributed by atoms with Crippen LogP contribution in [-0.2, 0) is 0 Å². The molecule has 3 heterocycles. The molecule has 0 bridgehead atoms. The topological polar surface area (TPSA) is 45.7 Å². The Morgan fingerprint density at radius 3 is 1.34 bits per heavy atom. The Morgan fingerprint density at radius 1 is 0.239 bits per heavy atom. The van der Waals surface area contributed by atoms with Crippen molar-refractivity contribution in [1.29, 1.82) is 0 Å². The molecule has 16 rings (SSSR count). The lowest BCUT2D eigenvalue weighted by atomic mass is 9.87. The highest BCUT2D eigenvalue weighted by molar-refractivity contribution is 6.14. The molecular formula is C83H55N3O2. The van der Waals surface area contributed by atoms with E-state index < -0.39 is 0 Å². The Balaban J connectivity index is 1.02. The number of hydrogen-bond donors (Lipinski definition) is 0. The maximum atomic E-state index is 7.17. The van der Waals surface area contributed by atoms with Crippen LogP contribution in [-0.4, -0.2) is 4.98 Å². The molecule has 5 heteroatoms. The van der Waals surface area contributed by atoms with Crippen LogP contribution < -0.4 is 9.80 Å². The largest absolute Gasteiger partial charge is 0.456 e. The van der Waals surface area contributed by atoms with E-state index in [1.165, 1.54) is 5.56 Å². The van der Waals surface area contributed by atoms with Crippen LogP contribution in [0.25, 0.3) is 122 Å². The zero-order chi connectivity index (χ0) is 58.3. The number of fused-ring (bicyclic) bond motifs is 6. The molecule has 414 valence electrons. The summed E-state index contributed by atoms with van der Waals surface area (Å²) in [4.78, 5) is 9.61. The van der Waals surface area contributed by atoms with E-state index in [9.17, 15) is 0 Å². The molecule has 0 spiro atoms. The van der Waals surface area contributed by atoms with Crippen molar-refractivity contribution in [2.45, 2.75) is 0 Å². The molecule has 0 fully saturated rings. The highest BCUT2D eigenvalue weighted by Crippen LogP contribution is 2.54. The molecule has 0 radical (unpaired) electrons. The van der Waals surface area contributed by atoms with Crippen molar-refractivity contribution in [3.8, 4) is 78.0 Å². The number of aromatic nitrogens is 1. The summed E-state index contributed by atoms with van der Waals surface area (Å²) in [5, 5.41) is 4.23. The van der Waals surface area contributed by atoms with Crippen LogP contribution in [0.3, 0.4) is 0 Å². The fourth-order valence-corrected chi connectivity index (χ4v) is 12.8. The highest BCUT2D eigenvalue weighted by atomic mass is 16.3. The zero-order valence-corrected chi connectivity index (χ0v) is 47.9. The van der Waals surface area contributed by atoms with Gasteiger partial charge < -0.3 is 18.6 Å². The third kappa shape index (κ3) is 9.45. The maximum absolute atomic E-state index is 7.17. The Hall–Kier alpha value is -11.8. The number of benzene rings is 13. The monoisotopic (exact) mass is 1130 g/mol. The molecule has 3 aromatic heterocycles. The summed E-state index contributed by atoms with van der Waals surface area (Å²) in [5.74, 6) is 0. The number of rotatable bonds is 13. The molecule has 0 atom stereocenters. The van der Waals surface area contributed by atoms with Crippen LogP contribution in [0.5, 0.6) is 0 Å². The van der Waals surface area contributed by atoms with Crippen LogP contribution >= 0.6 is 0 Å². The Bertz CT molecular complexity index is 5120. The molecule has 0 aliphatic rings. The number of anilines is 6. The number of hydrogen-bond acceptors (Lipinski definition) is 5. The first kappa shape index (κ1) is 51.8. The summed E-state index contributed by atoms with van der Waals surface area (Å²) >= 11 is 0. The number of nitrogens with zero attached hydrogens (tertiary/aromatic N) is 3. The minimum Gasteiger partial charge on any atom is -0.456 e.